The number of benzene rings is 2. The highest BCUT2D eigenvalue weighted by molar-refractivity contribution is 6.03. The lowest BCUT2D eigenvalue weighted by Gasteiger charge is -2.30. The van der Waals surface area contributed by atoms with Crippen molar-refractivity contribution in [3.63, 3.8) is 0 Å². The molecule has 0 heterocycles. The summed E-state index contributed by atoms with van der Waals surface area (Å²) in [6.45, 7) is 3.67. The summed E-state index contributed by atoms with van der Waals surface area (Å²) >= 11 is 0. The van der Waals surface area contributed by atoms with E-state index in [2.05, 4.69) is 0 Å². The first-order valence-corrected chi connectivity index (χ1v) is 13.1. The zero-order chi connectivity index (χ0) is 26.3. The van der Waals surface area contributed by atoms with Gasteiger partial charge in [0.15, 0.2) is 11.6 Å². The van der Waals surface area contributed by atoms with Gasteiger partial charge in [0.2, 0.25) is 0 Å². The van der Waals surface area contributed by atoms with Crippen LogP contribution in [0.2, 0.25) is 0 Å². The van der Waals surface area contributed by atoms with E-state index in [-0.39, 0.29) is 24.8 Å². The highest BCUT2D eigenvalue weighted by Gasteiger charge is 2.38. The number of aryl methyl sites for hydroxylation is 2. The van der Waals surface area contributed by atoms with E-state index in [1.165, 1.54) is 0 Å². The number of carbonyl (C=O) groups is 2. The minimum absolute atomic E-state index is 0.0232. The van der Waals surface area contributed by atoms with Gasteiger partial charge in [0.1, 0.15) is 11.2 Å². The molecule has 4 N–H and O–H groups in total. The Morgan fingerprint density at radius 3 is 1.53 bits per heavy atom. The second-order valence-electron chi connectivity index (χ2n) is 10.4. The molecule has 0 saturated heterocycles. The molecule has 0 unspecified atom stereocenters. The smallest absolute Gasteiger partial charge is 0.194 e. The van der Waals surface area contributed by atoms with E-state index < -0.39 is 11.2 Å². The summed E-state index contributed by atoms with van der Waals surface area (Å²) in [6, 6.07) is 10.5. The standard InChI is InChI=1S/2C15H20O3/c1-11-9-12(5-6-13(11)10-16)14(17)15(18)7-3-2-4-8-15;1-11-5-6-12(9-13(11)10-16)14(17)15(18)7-3-2-4-8-15/h2*5-6,9,16,18H,2-4,7-8,10H2,1H3. The fourth-order valence-electron chi connectivity index (χ4n) is 5.26. The van der Waals surface area contributed by atoms with Crippen LogP contribution in [0.3, 0.4) is 0 Å². The van der Waals surface area contributed by atoms with Gasteiger partial charge in [0.25, 0.3) is 0 Å². The molecule has 196 valence electrons. The number of ketones is 2. The molecule has 0 atom stereocenters. The Morgan fingerprint density at radius 2 is 1.08 bits per heavy atom. The van der Waals surface area contributed by atoms with Crippen molar-refractivity contribution in [2.45, 2.75) is 102 Å². The van der Waals surface area contributed by atoms with Crippen LogP contribution in [0.15, 0.2) is 36.4 Å². The molecule has 6 nitrogen and oxygen atoms in total. The Kier molecular flexibility index (Phi) is 9.59. The molecule has 0 aromatic heterocycles. The predicted molar refractivity (Wildman–Crippen MR) is 139 cm³/mol. The van der Waals surface area contributed by atoms with Crippen molar-refractivity contribution < 1.29 is 30.0 Å². The van der Waals surface area contributed by atoms with Crippen molar-refractivity contribution in [1.29, 1.82) is 0 Å². The number of hydrogen-bond acceptors (Lipinski definition) is 6. The number of Topliss-reactive ketones (excluding diaryl/α,β-unsaturated/α-hetero) is 2. The number of rotatable bonds is 6. The minimum Gasteiger partial charge on any atom is -0.392 e. The summed E-state index contributed by atoms with van der Waals surface area (Å²) in [4.78, 5) is 24.7. The molecule has 2 aromatic carbocycles. The van der Waals surface area contributed by atoms with E-state index in [9.17, 15) is 24.9 Å². The average Bonchev–Trinajstić information content (AvgIpc) is 2.89. The van der Waals surface area contributed by atoms with Crippen LogP contribution in [0.25, 0.3) is 0 Å². The van der Waals surface area contributed by atoms with Crippen molar-refractivity contribution in [2.75, 3.05) is 0 Å². The van der Waals surface area contributed by atoms with Crippen LogP contribution in [-0.4, -0.2) is 43.2 Å². The van der Waals surface area contributed by atoms with Crippen LogP contribution >= 0.6 is 0 Å². The molecule has 2 saturated carbocycles. The first-order valence-electron chi connectivity index (χ1n) is 13.1. The maximum absolute atomic E-state index is 12.4. The molecule has 2 fully saturated rings. The van der Waals surface area contributed by atoms with Crippen LogP contribution in [0.4, 0.5) is 0 Å². The Labute approximate surface area is 214 Å². The lowest BCUT2D eigenvalue weighted by molar-refractivity contribution is 0.0116. The van der Waals surface area contributed by atoms with Gasteiger partial charge in [-0.3, -0.25) is 9.59 Å². The van der Waals surface area contributed by atoms with Crippen molar-refractivity contribution in [2.24, 2.45) is 0 Å². The third-order valence-corrected chi connectivity index (χ3v) is 7.76. The molecule has 36 heavy (non-hydrogen) atoms. The van der Waals surface area contributed by atoms with Crippen LogP contribution in [0.5, 0.6) is 0 Å². The Bertz CT molecular complexity index is 1060. The topological polar surface area (TPSA) is 115 Å². The summed E-state index contributed by atoms with van der Waals surface area (Å²) < 4.78 is 0. The number of aliphatic hydroxyl groups is 4. The number of hydrogen-bond donors (Lipinski definition) is 4. The Balaban J connectivity index is 0.000000201. The molecule has 6 heteroatoms. The second-order valence-corrected chi connectivity index (χ2v) is 10.4. The maximum atomic E-state index is 12.4. The molecule has 2 aromatic rings. The molecular formula is C30H40O6. The number of aliphatic hydroxyl groups excluding tert-OH is 2. The largest absolute Gasteiger partial charge is 0.392 e. The van der Waals surface area contributed by atoms with E-state index in [0.717, 1.165) is 60.8 Å². The van der Waals surface area contributed by atoms with Gasteiger partial charge in [-0.15, -0.1) is 0 Å². The minimum atomic E-state index is -1.19. The molecule has 0 radical (unpaired) electrons. The van der Waals surface area contributed by atoms with Gasteiger partial charge in [-0.1, -0.05) is 62.8 Å². The van der Waals surface area contributed by atoms with Crippen molar-refractivity contribution in [3.05, 3.63) is 69.8 Å². The summed E-state index contributed by atoms with van der Waals surface area (Å²) in [6.07, 6.45) is 8.04. The average molecular weight is 497 g/mol. The molecular weight excluding hydrogens is 456 g/mol. The van der Waals surface area contributed by atoms with Gasteiger partial charge >= 0.3 is 0 Å². The van der Waals surface area contributed by atoms with Crippen LogP contribution in [-0.2, 0) is 13.2 Å². The van der Waals surface area contributed by atoms with Crippen LogP contribution in [0, 0.1) is 13.8 Å². The van der Waals surface area contributed by atoms with Crippen molar-refractivity contribution in [3.8, 4) is 0 Å². The SMILES string of the molecule is Cc1cc(C(=O)C2(O)CCCCC2)ccc1CO.Cc1ccc(C(=O)C2(O)CCCCC2)cc1CO. The normalized spacial score (nSPS) is 18.6. The molecule has 4 rings (SSSR count). The van der Waals surface area contributed by atoms with E-state index in [1.54, 1.807) is 30.3 Å². The maximum Gasteiger partial charge on any atom is 0.194 e. The second kappa shape index (κ2) is 12.2. The van der Waals surface area contributed by atoms with Crippen molar-refractivity contribution in [1.82, 2.24) is 0 Å². The van der Waals surface area contributed by atoms with E-state index in [0.29, 0.717) is 36.8 Å². The zero-order valence-electron chi connectivity index (χ0n) is 21.6. The van der Waals surface area contributed by atoms with Gasteiger partial charge < -0.3 is 20.4 Å². The third kappa shape index (κ3) is 6.48. The first-order chi connectivity index (χ1) is 17.1. The fourth-order valence-corrected chi connectivity index (χ4v) is 5.26. The molecule has 2 aliphatic carbocycles. The monoisotopic (exact) mass is 496 g/mol. The van der Waals surface area contributed by atoms with Crippen molar-refractivity contribution >= 4 is 11.6 Å². The summed E-state index contributed by atoms with van der Waals surface area (Å²) in [7, 11) is 0. The Morgan fingerprint density at radius 1 is 0.639 bits per heavy atom. The summed E-state index contributed by atoms with van der Waals surface area (Å²) in [5, 5.41) is 39.2. The van der Waals surface area contributed by atoms with Crippen LogP contribution < -0.4 is 0 Å². The van der Waals surface area contributed by atoms with Gasteiger partial charge in [0.05, 0.1) is 13.2 Å². The molecule has 0 spiro atoms. The first kappa shape index (κ1) is 28.2. The van der Waals surface area contributed by atoms with E-state index >= 15 is 0 Å². The van der Waals surface area contributed by atoms with Gasteiger partial charge in [0, 0.05) is 11.1 Å². The third-order valence-electron chi connectivity index (χ3n) is 7.76. The number of carbonyl (C=O) groups excluding carboxylic acids is 2. The Hall–Kier alpha value is -2.38. The van der Waals surface area contributed by atoms with Gasteiger partial charge in [-0.05, 0) is 73.9 Å². The molecule has 0 amide bonds. The van der Waals surface area contributed by atoms with E-state index in [1.807, 2.05) is 19.9 Å². The highest BCUT2D eigenvalue weighted by atomic mass is 16.3. The van der Waals surface area contributed by atoms with Gasteiger partial charge in [-0.2, -0.15) is 0 Å². The van der Waals surface area contributed by atoms with Gasteiger partial charge in [-0.25, -0.2) is 0 Å². The molecule has 2 aliphatic rings. The fraction of sp³-hybridized carbons (Fsp3) is 0.533. The van der Waals surface area contributed by atoms with Crippen LogP contribution in [0.1, 0.15) is 107 Å². The highest BCUT2D eigenvalue weighted by Crippen LogP contribution is 2.32. The molecule has 0 aliphatic heterocycles. The lowest BCUT2D eigenvalue weighted by Crippen LogP contribution is -2.40. The molecule has 0 bridgehead atoms. The summed E-state index contributed by atoms with van der Waals surface area (Å²) in [5.41, 5.74) is 2.11. The predicted octanol–water partition coefficient (Wildman–Crippen LogP) is 4.73. The lowest BCUT2D eigenvalue weighted by atomic mass is 9.79. The summed E-state index contributed by atoms with van der Waals surface area (Å²) in [5.74, 6) is -0.369. The zero-order valence-corrected chi connectivity index (χ0v) is 21.6. The van der Waals surface area contributed by atoms with E-state index in [4.69, 9.17) is 5.11 Å². The quantitative estimate of drug-likeness (QED) is 0.430.